The minimum atomic E-state index is -4.18. The quantitative estimate of drug-likeness (QED) is 0.244. The molecule has 5 heterocycles. The summed E-state index contributed by atoms with van der Waals surface area (Å²) in [7, 11) is 0. The number of amides is 1. The Bertz CT molecular complexity index is 1360. The van der Waals surface area contributed by atoms with E-state index in [1.54, 1.807) is 6.92 Å². The fourth-order valence-electron chi connectivity index (χ4n) is 8.07. The van der Waals surface area contributed by atoms with Gasteiger partial charge in [0, 0.05) is 67.7 Å². The van der Waals surface area contributed by atoms with E-state index in [1.807, 2.05) is 4.90 Å². The molecule has 2 saturated heterocycles. The average Bonchev–Trinajstić information content (AvgIpc) is 3.56. The maximum Gasteiger partial charge on any atom is 0.390 e. The molecule has 1 amide bonds. The Morgan fingerprint density at radius 3 is 2.54 bits per heavy atom. The largest absolute Gasteiger partial charge is 0.390 e. The van der Waals surface area contributed by atoms with Crippen LogP contribution < -0.4 is 11.1 Å². The number of halogens is 3. The fraction of sp³-hybridized carbons (Fsp3) is 0.676. The average molecular weight is 660 g/mol. The Morgan fingerprint density at radius 2 is 1.87 bits per heavy atom. The summed E-state index contributed by atoms with van der Waals surface area (Å²) in [5.74, 6) is 3.98. The van der Waals surface area contributed by atoms with Crippen LogP contribution in [0, 0.1) is 30.6 Å². The second kappa shape index (κ2) is 13.8. The predicted molar refractivity (Wildman–Crippen MR) is 176 cm³/mol. The highest BCUT2D eigenvalue weighted by atomic mass is 32.2. The lowest BCUT2D eigenvalue weighted by atomic mass is 9.80. The number of carbonyl (C=O) groups excluding carboxylic acids is 1. The molecule has 4 unspecified atom stereocenters. The van der Waals surface area contributed by atoms with E-state index in [2.05, 4.69) is 57.2 Å². The van der Waals surface area contributed by atoms with E-state index >= 15 is 0 Å². The Balaban J connectivity index is 1.03. The number of allylic oxidation sites excluding steroid dienone is 3. The molecule has 8 nitrogen and oxygen atoms in total. The van der Waals surface area contributed by atoms with Gasteiger partial charge < -0.3 is 20.9 Å². The smallest absolute Gasteiger partial charge is 0.385 e. The van der Waals surface area contributed by atoms with Gasteiger partial charge in [-0.05, 0) is 68.9 Å². The van der Waals surface area contributed by atoms with Crippen LogP contribution in [0.25, 0.3) is 0 Å². The predicted octanol–water partition coefficient (Wildman–Crippen LogP) is 5.72. The lowest BCUT2D eigenvalue weighted by Crippen LogP contribution is -2.41. The first-order valence-electron chi connectivity index (χ1n) is 17.0. The minimum absolute atomic E-state index is 0.230. The summed E-state index contributed by atoms with van der Waals surface area (Å²) in [6.07, 6.45) is 8.32. The number of carbonyl (C=O) groups is 1. The molecule has 0 radical (unpaired) electrons. The van der Waals surface area contributed by atoms with Crippen molar-refractivity contribution in [1.82, 2.24) is 24.7 Å². The number of hydrogen-bond acceptors (Lipinski definition) is 8. The van der Waals surface area contributed by atoms with Crippen LogP contribution in [0.3, 0.4) is 0 Å². The number of piperidine rings is 2. The van der Waals surface area contributed by atoms with Gasteiger partial charge in [0.1, 0.15) is 16.7 Å². The molecule has 1 aliphatic carbocycles. The number of nitrogens with one attached hydrogen (secondary N) is 1. The summed E-state index contributed by atoms with van der Waals surface area (Å²) in [6, 6.07) is 0.230. The minimum Gasteiger partial charge on any atom is -0.385 e. The second-order valence-corrected chi connectivity index (χ2v) is 15.1. The number of thioether (sulfide) groups is 1. The number of aromatic nitrogens is 2. The number of alkyl halides is 3. The first kappa shape index (κ1) is 33.2. The van der Waals surface area contributed by atoms with Crippen LogP contribution in [0.5, 0.6) is 0 Å². The number of nitrogens with zero attached hydrogens (tertiary/aromatic N) is 5. The van der Waals surface area contributed by atoms with Crippen LogP contribution in [0.4, 0.5) is 19.0 Å². The standard InChI is InChI=1S/C34H48F3N7OS/c1-4-23(24-7-11-43(20-45)12-8-24)19-44-30-6-5-25(21(2)28(30)16-31(44)38)18-42-13-9-26(10-14-42)41-32-29-15-27(17-34(35,36)37)46-33(29)40-22(3)39-32/h5-6,16,20-21,23-24,26-28H,4,7-15,17-19,38H2,1-3H3,(H,39,40,41). The normalized spacial score (nSPS) is 26.7. The van der Waals surface area contributed by atoms with E-state index in [1.165, 1.54) is 23.0 Å². The summed E-state index contributed by atoms with van der Waals surface area (Å²) in [5, 5.41) is 3.74. The molecular weight excluding hydrogens is 611 g/mol. The molecule has 6 rings (SSSR count). The Labute approximate surface area is 275 Å². The van der Waals surface area contributed by atoms with Crippen molar-refractivity contribution in [3.8, 4) is 0 Å². The number of rotatable bonds is 10. The molecule has 46 heavy (non-hydrogen) atoms. The monoisotopic (exact) mass is 659 g/mol. The summed E-state index contributed by atoms with van der Waals surface area (Å²) in [4.78, 5) is 27.0. The van der Waals surface area contributed by atoms with Crippen molar-refractivity contribution >= 4 is 24.0 Å². The van der Waals surface area contributed by atoms with Gasteiger partial charge in [0.2, 0.25) is 6.41 Å². The van der Waals surface area contributed by atoms with Gasteiger partial charge in [-0.2, -0.15) is 13.2 Å². The van der Waals surface area contributed by atoms with Gasteiger partial charge in [0.15, 0.2) is 0 Å². The lowest BCUT2D eigenvalue weighted by Gasteiger charge is -2.39. The van der Waals surface area contributed by atoms with Crippen molar-refractivity contribution in [3.63, 3.8) is 0 Å². The van der Waals surface area contributed by atoms with E-state index in [4.69, 9.17) is 5.73 Å². The molecule has 3 N–H and O–H groups in total. The molecule has 0 bridgehead atoms. The number of fused-ring (bicyclic) bond motifs is 2. The lowest BCUT2D eigenvalue weighted by molar-refractivity contribution is -0.134. The van der Waals surface area contributed by atoms with Gasteiger partial charge in [-0.15, -0.1) is 11.8 Å². The molecule has 1 aromatic heterocycles. The second-order valence-electron chi connectivity index (χ2n) is 13.9. The van der Waals surface area contributed by atoms with Crippen molar-refractivity contribution in [3.05, 3.63) is 46.7 Å². The van der Waals surface area contributed by atoms with Crippen LogP contribution in [0.1, 0.15) is 63.8 Å². The third kappa shape index (κ3) is 7.37. The molecular formula is C34H48F3N7OS. The zero-order valence-corrected chi connectivity index (χ0v) is 28.0. The van der Waals surface area contributed by atoms with E-state index in [9.17, 15) is 18.0 Å². The van der Waals surface area contributed by atoms with Gasteiger partial charge in [-0.3, -0.25) is 9.69 Å². The molecule has 4 atom stereocenters. The van der Waals surface area contributed by atoms with Crippen molar-refractivity contribution < 1.29 is 18.0 Å². The molecule has 0 spiro atoms. The Hall–Kier alpha value is -2.73. The number of hydrogen-bond donors (Lipinski definition) is 2. The Kier molecular flexibility index (Phi) is 9.94. The first-order valence-corrected chi connectivity index (χ1v) is 17.8. The van der Waals surface area contributed by atoms with Crippen molar-refractivity contribution in [1.29, 1.82) is 0 Å². The molecule has 2 fully saturated rings. The summed E-state index contributed by atoms with van der Waals surface area (Å²) in [6.45, 7) is 11.9. The maximum atomic E-state index is 13.1. The van der Waals surface area contributed by atoms with Gasteiger partial charge in [0.25, 0.3) is 0 Å². The number of nitrogens with two attached hydrogens (primary N) is 1. The van der Waals surface area contributed by atoms with Crippen LogP contribution in [0.15, 0.2) is 40.3 Å². The van der Waals surface area contributed by atoms with E-state index < -0.39 is 17.8 Å². The molecule has 0 aromatic carbocycles. The zero-order chi connectivity index (χ0) is 32.6. The topological polar surface area (TPSA) is 90.6 Å². The van der Waals surface area contributed by atoms with Gasteiger partial charge in [-0.25, -0.2) is 9.97 Å². The van der Waals surface area contributed by atoms with Crippen molar-refractivity contribution in [2.75, 3.05) is 44.6 Å². The summed E-state index contributed by atoms with van der Waals surface area (Å²) >= 11 is 1.23. The molecule has 12 heteroatoms. The van der Waals surface area contributed by atoms with Crippen molar-refractivity contribution in [2.45, 2.75) is 88.2 Å². The number of likely N-dealkylation sites (tertiary alicyclic amines) is 2. The number of anilines is 1. The number of aryl methyl sites for hydroxylation is 1. The third-order valence-electron chi connectivity index (χ3n) is 10.8. The molecule has 0 saturated carbocycles. The van der Waals surface area contributed by atoms with Gasteiger partial charge in [-0.1, -0.05) is 31.9 Å². The first-order chi connectivity index (χ1) is 22.0. The molecule has 5 aliphatic rings. The van der Waals surface area contributed by atoms with Crippen molar-refractivity contribution in [2.24, 2.45) is 29.4 Å². The van der Waals surface area contributed by atoms with E-state index in [-0.39, 0.29) is 12.0 Å². The zero-order valence-electron chi connectivity index (χ0n) is 27.2. The summed E-state index contributed by atoms with van der Waals surface area (Å²) < 4.78 is 39.2. The Morgan fingerprint density at radius 1 is 1.13 bits per heavy atom. The highest BCUT2D eigenvalue weighted by Crippen LogP contribution is 2.44. The van der Waals surface area contributed by atoms with Crippen LogP contribution in [0.2, 0.25) is 0 Å². The molecule has 1 aromatic rings. The SMILES string of the molecule is CCC(CN1C(N)=CC2C1=CC=C(CN1CCC(Nc3nc(C)nc4c3CC(CC(F)(F)F)S4)CC1)C2C)C1CCN(C=O)CC1. The van der Waals surface area contributed by atoms with Gasteiger partial charge >= 0.3 is 6.18 Å². The van der Waals surface area contributed by atoms with Gasteiger partial charge in [0.05, 0.1) is 12.2 Å². The fourth-order valence-corrected chi connectivity index (χ4v) is 9.42. The van der Waals surface area contributed by atoms with Crippen LogP contribution in [-0.2, 0) is 11.2 Å². The molecule has 4 aliphatic heterocycles. The van der Waals surface area contributed by atoms with Crippen LogP contribution in [-0.4, -0.2) is 87.8 Å². The highest BCUT2D eigenvalue weighted by molar-refractivity contribution is 8.00. The van der Waals surface area contributed by atoms with E-state index in [0.29, 0.717) is 40.8 Å². The maximum absolute atomic E-state index is 13.1. The van der Waals surface area contributed by atoms with E-state index in [0.717, 1.165) is 89.2 Å². The molecule has 252 valence electrons. The highest BCUT2D eigenvalue weighted by Gasteiger charge is 2.39. The van der Waals surface area contributed by atoms with Crippen LogP contribution >= 0.6 is 11.8 Å². The third-order valence-corrected chi connectivity index (χ3v) is 12.1. The summed E-state index contributed by atoms with van der Waals surface area (Å²) in [5.41, 5.74) is 10.2.